The first-order valence-corrected chi connectivity index (χ1v) is 4.02. The van der Waals surface area contributed by atoms with Gasteiger partial charge in [0.2, 0.25) is 0 Å². The van der Waals surface area contributed by atoms with E-state index in [0.717, 1.165) is 0 Å². The van der Waals surface area contributed by atoms with Gasteiger partial charge in [-0.2, -0.15) is 0 Å². The van der Waals surface area contributed by atoms with Crippen molar-refractivity contribution in [2.45, 2.75) is 13.3 Å². The highest BCUT2D eigenvalue weighted by molar-refractivity contribution is 9.10. The predicted octanol–water partition coefficient (Wildman–Crippen LogP) is 2.67. The molecule has 66 valence electrons. The van der Waals surface area contributed by atoms with Crippen LogP contribution in [0.15, 0.2) is 10.5 Å². The highest BCUT2D eigenvalue weighted by atomic mass is 79.9. The number of halogens is 3. The molecule has 0 spiro atoms. The van der Waals surface area contributed by atoms with Gasteiger partial charge in [0.1, 0.15) is 11.5 Å². The molecule has 12 heavy (non-hydrogen) atoms. The van der Waals surface area contributed by atoms with Crippen LogP contribution in [0.5, 0.6) is 0 Å². The van der Waals surface area contributed by atoms with E-state index in [4.69, 9.17) is 5.73 Å². The van der Waals surface area contributed by atoms with Gasteiger partial charge < -0.3 is 5.73 Å². The number of nitrogen functional groups attached to an aromatic ring is 1. The molecular weight excluding hydrogens is 230 g/mol. The van der Waals surface area contributed by atoms with Crippen LogP contribution < -0.4 is 5.73 Å². The molecule has 1 aromatic rings. The van der Waals surface area contributed by atoms with Crippen molar-refractivity contribution in [3.8, 4) is 0 Å². The van der Waals surface area contributed by atoms with Crippen LogP contribution in [0, 0.1) is 6.92 Å². The number of hydrogen-bond acceptors (Lipinski definition) is 2. The van der Waals surface area contributed by atoms with Crippen LogP contribution >= 0.6 is 15.9 Å². The molecule has 0 radical (unpaired) electrons. The first-order chi connectivity index (χ1) is 5.52. The Kier molecular flexibility index (Phi) is 2.62. The summed E-state index contributed by atoms with van der Waals surface area (Å²) in [4.78, 5) is 3.53. The third-order valence-corrected chi connectivity index (χ3v) is 2.31. The van der Waals surface area contributed by atoms with E-state index in [0.29, 0.717) is 10.0 Å². The van der Waals surface area contributed by atoms with Crippen LogP contribution in [0.25, 0.3) is 0 Å². The molecule has 0 fully saturated rings. The smallest absolute Gasteiger partial charge is 0.280 e. The van der Waals surface area contributed by atoms with Gasteiger partial charge in [0.15, 0.2) is 0 Å². The van der Waals surface area contributed by atoms with Crippen molar-refractivity contribution in [2.75, 3.05) is 5.73 Å². The molecule has 0 amide bonds. The van der Waals surface area contributed by atoms with Crippen LogP contribution in [0.4, 0.5) is 14.6 Å². The van der Waals surface area contributed by atoms with Crippen LogP contribution in [0.3, 0.4) is 0 Å². The third kappa shape index (κ3) is 1.72. The lowest BCUT2D eigenvalue weighted by molar-refractivity contribution is 0.146. The highest BCUT2D eigenvalue weighted by Crippen LogP contribution is 2.26. The minimum Gasteiger partial charge on any atom is -0.383 e. The molecule has 0 aliphatic rings. The van der Waals surface area contributed by atoms with Crippen LogP contribution in [-0.2, 0) is 0 Å². The normalized spacial score (nSPS) is 10.8. The maximum Gasteiger partial charge on any atom is 0.280 e. The van der Waals surface area contributed by atoms with Crippen LogP contribution in [0.1, 0.15) is 17.7 Å². The van der Waals surface area contributed by atoms with Crippen molar-refractivity contribution in [1.29, 1.82) is 0 Å². The van der Waals surface area contributed by atoms with E-state index in [2.05, 4.69) is 20.9 Å². The van der Waals surface area contributed by atoms with Crippen molar-refractivity contribution in [2.24, 2.45) is 0 Å². The van der Waals surface area contributed by atoms with E-state index in [1.165, 1.54) is 6.07 Å². The second kappa shape index (κ2) is 3.35. The maximum atomic E-state index is 12.1. The fourth-order valence-electron chi connectivity index (χ4n) is 0.727. The molecule has 0 bridgehead atoms. The molecule has 1 rings (SSSR count). The van der Waals surface area contributed by atoms with Gasteiger partial charge in [-0.15, -0.1) is 0 Å². The number of nitrogens with zero attached hydrogens (tertiary/aromatic N) is 1. The molecule has 0 saturated heterocycles. The summed E-state index contributed by atoms with van der Waals surface area (Å²) in [6.07, 6.45) is -2.58. The molecular formula is C7H7BrF2N2. The average Bonchev–Trinajstić information content (AvgIpc) is 1.99. The fraction of sp³-hybridized carbons (Fsp3) is 0.286. The lowest BCUT2D eigenvalue weighted by atomic mass is 10.2. The molecule has 2 nitrogen and oxygen atoms in total. The van der Waals surface area contributed by atoms with E-state index < -0.39 is 6.43 Å². The zero-order chi connectivity index (χ0) is 9.30. The van der Waals surface area contributed by atoms with E-state index in [-0.39, 0.29) is 11.5 Å². The van der Waals surface area contributed by atoms with Gasteiger partial charge in [0, 0.05) is 10.0 Å². The molecule has 2 N–H and O–H groups in total. The monoisotopic (exact) mass is 236 g/mol. The van der Waals surface area contributed by atoms with Crippen LogP contribution in [0.2, 0.25) is 0 Å². The van der Waals surface area contributed by atoms with Gasteiger partial charge in [-0.05, 0) is 13.0 Å². The van der Waals surface area contributed by atoms with Crippen molar-refractivity contribution in [3.63, 3.8) is 0 Å². The Morgan fingerprint density at radius 2 is 2.17 bits per heavy atom. The molecule has 0 aliphatic carbocycles. The number of anilines is 1. The Morgan fingerprint density at radius 1 is 1.58 bits per heavy atom. The molecule has 1 heterocycles. The average molecular weight is 237 g/mol. The SMILES string of the molecule is Cc1c(Br)cc(C(F)F)nc1N. The number of hydrogen-bond donors (Lipinski definition) is 1. The third-order valence-electron chi connectivity index (χ3n) is 1.49. The van der Waals surface area contributed by atoms with E-state index in [1.54, 1.807) is 6.92 Å². The Balaban J connectivity index is 3.21. The molecule has 0 unspecified atom stereocenters. The number of rotatable bonds is 1. The summed E-state index contributed by atoms with van der Waals surface area (Å²) in [6, 6.07) is 1.27. The zero-order valence-electron chi connectivity index (χ0n) is 6.31. The Labute approximate surface area is 76.9 Å². The summed E-state index contributed by atoms with van der Waals surface area (Å²) >= 11 is 3.11. The maximum absolute atomic E-state index is 12.1. The van der Waals surface area contributed by atoms with E-state index >= 15 is 0 Å². The second-order valence-electron chi connectivity index (χ2n) is 2.34. The largest absolute Gasteiger partial charge is 0.383 e. The summed E-state index contributed by atoms with van der Waals surface area (Å²) in [6.45, 7) is 1.71. The molecule has 5 heteroatoms. The highest BCUT2D eigenvalue weighted by Gasteiger charge is 2.12. The van der Waals surface area contributed by atoms with Crippen molar-refractivity contribution in [3.05, 3.63) is 21.8 Å². The first kappa shape index (κ1) is 9.38. The minimum atomic E-state index is -2.58. The summed E-state index contributed by atoms with van der Waals surface area (Å²) in [5, 5.41) is 0. The van der Waals surface area contributed by atoms with Gasteiger partial charge in [0.05, 0.1) is 0 Å². The lowest BCUT2D eigenvalue weighted by Gasteiger charge is -2.05. The number of alkyl halides is 2. The van der Waals surface area contributed by atoms with Gasteiger partial charge >= 0.3 is 0 Å². The second-order valence-corrected chi connectivity index (χ2v) is 3.19. The quantitative estimate of drug-likeness (QED) is 0.815. The fourth-order valence-corrected chi connectivity index (χ4v) is 1.17. The Morgan fingerprint density at radius 3 is 2.58 bits per heavy atom. The van der Waals surface area contributed by atoms with Gasteiger partial charge in [-0.3, -0.25) is 0 Å². The van der Waals surface area contributed by atoms with Gasteiger partial charge in [-0.25, -0.2) is 13.8 Å². The van der Waals surface area contributed by atoms with Crippen molar-refractivity contribution >= 4 is 21.7 Å². The predicted molar refractivity (Wildman–Crippen MR) is 46.0 cm³/mol. The van der Waals surface area contributed by atoms with E-state index in [9.17, 15) is 8.78 Å². The topological polar surface area (TPSA) is 38.9 Å². The zero-order valence-corrected chi connectivity index (χ0v) is 7.90. The van der Waals surface area contributed by atoms with E-state index in [1.807, 2.05) is 0 Å². The Hall–Kier alpha value is -0.710. The van der Waals surface area contributed by atoms with Crippen LogP contribution in [-0.4, -0.2) is 4.98 Å². The summed E-state index contributed by atoms with van der Waals surface area (Å²) in [7, 11) is 0. The van der Waals surface area contributed by atoms with Crippen molar-refractivity contribution < 1.29 is 8.78 Å². The molecule has 0 aromatic carbocycles. The van der Waals surface area contributed by atoms with Gasteiger partial charge in [0.25, 0.3) is 6.43 Å². The van der Waals surface area contributed by atoms with Gasteiger partial charge in [-0.1, -0.05) is 15.9 Å². The molecule has 1 aromatic heterocycles. The van der Waals surface area contributed by atoms with Crippen molar-refractivity contribution in [1.82, 2.24) is 4.98 Å². The minimum absolute atomic E-state index is 0.139. The summed E-state index contributed by atoms with van der Waals surface area (Å²) in [5.41, 5.74) is 5.76. The lowest BCUT2D eigenvalue weighted by Crippen LogP contribution is -1.99. The number of nitrogens with two attached hydrogens (primary N) is 1. The Bertz CT molecular complexity index is 278. The summed E-state index contributed by atoms with van der Waals surface area (Å²) < 4.78 is 24.8. The molecule has 0 atom stereocenters. The number of aromatic nitrogens is 1. The number of pyridine rings is 1. The molecule has 0 saturated carbocycles. The summed E-state index contributed by atoms with van der Waals surface area (Å²) in [5.74, 6) is 0.139. The standard InChI is InChI=1S/C7H7BrF2N2/c1-3-4(8)2-5(6(9)10)12-7(3)11/h2,6H,1H3,(H2,11,12). The first-order valence-electron chi connectivity index (χ1n) is 3.23. The molecule has 0 aliphatic heterocycles.